The van der Waals surface area contributed by atoms with E-state index in [4.69, 9.17) is 44.3 Å². The lowest BCUT2D eigenvalue weighted by molar-refractivity contribution is -0.119. The van der Waals surface area contributed by atoms with E-state index in [-0.39, 0.29) is 38.6 Å². The van der Waals surface area contributed by atoms with Crippen molar-refractivity contribution in [2.24, 2.45) is 0 Å². The van der Waals surface area contributed by atoms with E-state index in [1.165, 1.54) is 12.1 Å². The number of amides is 1. The molecule has 2 aromatic rings. The average Bonchev–Trinajstić information content (AvgIpc) is 2.92. The predicted molar refractivity (Wildman–Crippen MR) is 107 cm³/mol. The van der Waals surface area contributed by atoms with Gasteiger partial charge in [0.15, 0.2) is 6.61 Å². The van der Waals surface area contributed by atoms with Crippen LogP contribution >= 0.6 is 34.8 Å². The van der Waals surface area contributed by atoms with E-state index in [0.29, 0.717) is 11.3 Å². The molecule has 2 N–H and O–H groups in total. The Kier molecular flexibility index (Phi) is 7.35. The number of nitrogens with one attached hydrogen (secondary N) is 2. The molecular formula is C18H17Cl3N2O5. The number of H-pyrrole nitrogens is 1. The van der Waals surface area contributed by atoms with Crippen LogP contribution < -0.4 is 5.32 Å². The highest BCUT2D eigenvalue weighted by Gasteiger charge is 2.24. The number of hydrogen-bond donors (Lipinski definition) is 2. The van der Waals surface area contributed by atoms with Crippen LogP contribution in [-0.2, 0) is 14.3 Å². The minimum atomic E-state index is -0.753. The third-order valence-corrected chi connectivity index (χ3v) is 4.77. The van der Waals surface area contributed by atoms with Gasteiger partial charge >= 0.3 is 11.9 Å². The number of hydrogen-bond acceptors (Lipinski definition) is 5. The van der Waals surface area contributed by atoms with E-state index in [0.717, 1.165) is 0 Å². The molecule has 0 radical (unpaired) electrons. The first-order valence-electron chi connectivity index (χ1n) is 8.13. The number of aromatic nitrogens is 1. The third-order valence-electron chi connectivity index (χ3n) is 3.74. The van der Waals surface area contributed by atoms with Gasteiger partial charge in [0.2, 0.25) is 0 Å². The minimum Gasteiger partial charge on any atom is -0.461 e. The Bertz CT molecular complexity index is 940. The van der Waals surface area contributed by atoms with E-state index < -0.39 is 24.5 Å². The molecule has 0 aliphatic carbocycles. The van der Waals surface area contributed by atoms with Gasteiger partial charge in [-0.15, -0.1) is 0 Å². The first kappa shape index (κ1) is 22.1. The Hall–Kier alpha value is -2.22. The number of anilines is 1. The zero-order chi connectivity index (χ0) is 21.0. The molecule has 1 aromatic heterocycles. The number of aromatic amines is 1. The van der Waals surface area contributed by atoms with E-state index in [1.807, 2.05) is 0 Å². The lowest BCUT2D eigenvalue weighted by atomic mass is 10.1. The molecule has 0 unspecified atom stereocenters. The van der Waals surface area contributed by atoms with Crippen LogP contribution in [0.3, 0.4) is 0 Å². The first-order chi connectivity index (χ1) is 13.1. The van der Waals surface area contributed by atoms with Crippen LogP contribution in [0.2, 0.25) is 15.1 Å². The molecule has 7 nitrogen and oxygen atoms in total. The second kappa shape index (κ2) is 9.32. The van der Waals surface area contributed by atoms with Crippen molar-refractivity contribution >= 4 is 58.3 Å². The third kappa shape index (κ3) is 4.98. The summed E-state index contributed by atoms with van der Waals surface area (Å²) >= 11 is 17.7. The van der Waals surface area contributed by atoms with Gasteiger partial charge in [-0.25, -0.2) is 9.59 Å². The van der Waals surface area contributed by atoms with Crippen LogP contribution in [-0.4, -0.2) is 36.0 Å². The van der Waals surface area contributed by atoms with E-state index >= 15 is 0 Å². The van der Waals surface area contributed by atoms with Crippen LogP contribution in [0, 0.1) is 13.8 Å². The average molecular weight is 448 g/mol. The largest absolute Gasteiger partial charge is 0.461 e. The molecule has 150 valence electrons. The number of carbonyl (C=O) groups excluding carboxylic acids is 3. The molecule has 0 bridgehead atoms. The summed E-state index contributed by atoms with van der Waals surface area (Å²) in [5, 5.41) is 3.12. The van der Waals surface area contributed by atoms with Crippen LogP contribution in [0.15, 0.2) is 12.1 Å². The summed E-state index contributed by atoms with van der Waals surface area (Å²) in [6.07, 6.45) is 0. The van der Waals surface area contributed by atoms with Crippen molar-refractivity contribution in [3.8, 4) is 0 Å². The van der Waals surface area contributed by atoms with Crippen molar-refractivity contribution in [2.45, 2.75) is 20.8 Å². The normalized spacial score (nSPS) is 10.5. The van der Waals surface area contributed by atoms with Gasteiger partial charge in [0, 0.05) is 5.69 Å². The van der Waals surface area contributed by atoms with Crippen LogP contribution in [0.4, 0.5) is 5.69 Å². The molecule has 0 atom stereocenters. The molecule has 0 spiro atoms. The van der Waals surface area contributed by atoms with Gasteiger partial charge in [-0.3, -0.25) is 4.79 Å². The van der Waals surface area contributed by atoms with Gasteiger partial charge < -0.3 is 19.8 Å². The van der Waals surface area contributed by atoms with Gasteiger partial charge in [-0.2, -0.15) is 0 Å². The lowest BCUT2D eigenvalue weighted by Gasteiger charge is -2.09. The number of carbonyl (C=O) groups is 3. The molecule has 0 saturated carbocycles. The molecule has 0 aliphatic heterocycles. The van der Waals surface area contributed by atoms with Crippen molar-refractivity contribution in [3.63, 3.8) is 0 Å². The standard InChI is InChI=1S/C18H17Cl3N2O5/c1-4-27-18(26)16-8(2)15(9(3)22-16)17(25)28-7-14(24)23-13-6-11(20)10(19)5-12(13)21/h5-6,22H,4,7H2,1-3H3,(H,23,24). The van der Waals surface area contributed by atoms with Gasteiger partial charge in [0.1, 0.15) is 5.69 Å². The van der Waals surface area contributed by atoms with Gasteiger partial charge in [0.25, 0.3) is 5.91 Å². The molecule has 10 heteroatoms. The van der Waals surface area contributed by atoms with Crippen molar-refractivity contribution < 1.29 is 23.9 Å². The summed E-state index contributed by atoms with van der Waals surface area (Å²) in [7, 11) is 0. The number of esters is 2. The summed E-state index contributed by atoms with van der Waals surface area (Å²) < 4.78 is 9.98. The number of halogens is 3. The number of ether oxygens (including phenoxy) is 2. The second-order valence-electron chi connectivity index (χ2n) is 5.72. The van der Waals surface area contributed by atoms with E-state index in [2.05, 4.69) is 10.3 Å². The maximum absolute atomic E-state index is 12.4. The Morgan fingerprint density at radius 2 is 1.64 bits per heavy atom. The molecule has 1 aromatic carbocycles. The summed E-state index contributed by atoms with van der Waals surface area (Å²) in [5.41, 5.74) is 1.38. The summed E-state index contributed by atoms with van der Waals surface area (Å²) in [6, 6.07) is 2.77. The quantitative estimate of drug-likeness (QED) is 0.499. The number of aryl methyl sites for hydroxylation is 1. The molecule has 0 aliphatic rings. The molecule has 1 amide bonds. The summed E-state index contributed by atoms with van der Waals surface area (Å²) in [5.74, 6) is -1.95. The Balaban J connectivity index is 2.05. The SMILES string of the molecule is CCOC(=O)c1[nH]c(C)c(C(=O)OCC(=O)Nc2cc(Cl)c(Cl)cc2Cl)c1C. The highest BCUT2D eigenvalue weighted by atomic mass is 35.5. The maximum atomic E-state index is 12.4. The molecule has 28 heavy (non-hydrogen) atoms. The van der Waals surface area contributed by atoms with Crippen LogP contribution in [0.1, 0.15) is 39.0 Å². The summed E-state index contributed by atoms with van der Waals surface area (Å²) in [4.78, 5) is 39.1. The number of benzene rings is 1. The fourth-order valence-electron chi connectivity index (χ4n) is 2.47. The highest BCUT2D eigenvalue weighted by molar-refractivity contribution is 6.44. The van der Waals surface area contributed by atoms with Crippen molar-refractivity contribution in [3.05, 3.63) is 49.7 Å². The smallest absolute Gasteiger partial charge is 0.355 e. The fourth-order valence-corrected chi connectivity index (χ4v) is 3.07. The number of rotatable bonds is 6. The Morgan fingerprint density at radius 1 is 1.00 bits per heavy atom. The second-order valence-corrected chi connectivity index (χ2v) is 6.94. The molecule has 0 saturated heterocycles. The van der Waals surface area contributed by atoms with Crippen LogP contribution in [0.5, 0.6) is 0 Å². The van der Waals surface area contributed by atoms with Gasteiger partial charge in [0.05, 0.1) is 32.9 Å². The van der Waals surface area contributed by atoms with Crippen LogP contribution in [0.25, 0.3) is 0 Å². The molecular weight excluding hydrogens is 431 g/mol. The van der Waals surface area contributed by atoms with Crippen molar-refractivity contribution in [1.29, 1.82) is 0 Å². The van der Waals surface area contributed by atoms with Crippen molar-refractivity contribution in [2.75, 3.05) is 18.5 Å². The topological polar surface area (TPSA) is 97.5 Å². The first-order valence-corrected chi connectivity index (χ1v) is 9.26. The highest BCUT2D eigenvalue weighted by Crippen LogP contribution is 2.32. The van der Waals surface area contributed by atoms with E-state index in [9.17, 15) is 14.4 Å². The monoisotopic (exact) mass is 446 g/mol. The lowest BCUT2D eigenvalue weighted by Crippen LogP contribution is -2.21. The van der Waals surface area contributed by atoms with Crippen molar-refractivity contribution in [1.82, 2.24) is 4.98 Å². The summed E-state index contributed by atoms with van der Waals surface area (Å²) in [6.45, 7) is 4.52. The minimum absolute atomic E-state index is 0.165. The maximum Gasteiger partial charge on any atom is 0.355 e. The predicted octanol–water partition coefficient (Wildman–Crippen LogP) is 4.56. The zero-order valence-electron chi connectivity index (χ0n) is 15.2. The molecule has 0 fully saturated rings. The molecule has 2 rings (SSSR count). The zero-order valence-corrected chi connectivity index (χ0v) is 17.5. The Morgan fingerprint density at radius 3 is 2.29 bits per heavy atom. The Labute approximate surface area is 176 Å². The van der Waals surface area contributed by atoms with Gasteiger partial charge in [-0.1, -0.05) is 34.8 Å². The molecule has 1 heterocycles. The van der Waals surface area contributed by atoms with Gasteiger partial charge in [-0.05, 0) is 38.5 Å². The van der Waals surface area contributed by atoms with E-state index in [1.54, 1.807) is 20.8 Å². The fraction of sp³-hybridized carbons (Fsp3) is 0.278.